The Balaban J connectivity index is 2.51. The van der Waals surface area contributed by atoms with Gasteiger partial charge in [-0.1, -0.05) is 18.7 Å². The largest absolute Gasteiger partial charge is 0.481 e. The number of rotatable bonds is 6. The minimum Gasteiger partial charge on any atom is -0.481 e. The molecule has 1 heterocycles. The summed E-state index contributed by atoms with van der Waals surface area (Å²) in [6.45, 7) is 3.55. The summed E-state index contributed by atoms with van der Waals surface area (Å²) in [7, 11) is 0. The maximum atomic E-state index is 11.3. The summed E-state index contributed by atoms with van der Waals surface area (Å²) in [6.07, 6.45) is 1.20. The molecule has 1 atom stereocenters. The Morgan fingerprint density at radius 3 is 2.94 bits per heavy atom. The summed E-state index contributed by atoms with van der Waals surface area (Å²) in [4.78, 5) is 25.7. The lowest BCUT2D eigenvalue weighted by Crippen LogP contribution is -2.11. The minimum atomic E-state index is -0.880. The van der Waals surface area contributed by atoms with Gasteiger partial charge in [-0.25, -0.2) is 4.79 Å². The number of carbonyl (C=O) groups is 2. The van der Waals surface area contributed by atoms with Gasteiger partial charge in [0.25, 0.3) is 5.22 Å². The van der Waals surface area contributed by atoms with Crippen LogP contribution in [0.3, 0.4) is 0 Å². The molecule has 6 nitrogen and oxygen atoms in total. The highest BCUT2D eigenvalue weighted by molar-refractivity contribution is 7.99. The number of nitrogens with zero attached hydrogens (tertiary/aromatic N) is 1. The standard InChI is InChI=1S/C10H13NO5S/c1-3-15-9(14)7-4-16-10(11-7)17-5-6(2)8(12)13/h4,6H,3,5H2,1-2H3,(H,12,13). The van der Waals surface area contributed by atoms with Crippen molar-refractivity contribution >= 4 is 23.7 Å². The Morgan fingerprint density at radius 2 is 2.35 bits per heavy atom. The summed E-state index contributed by atoms with van der Waals surface area (Å²) in [5.74, 6) is -1.60. The Morgan fingerprint density at radius 1 is 1.65 bits per heavy atom. The van der Waals surface area contributed by atoms with Crippen LogP contribution in [0.15, 0.2) is 15.9 Å². The topological polar surface area (TPSA) is 89.6 Å². The second kappa shape index (κ2) is 6.29. The van der Waals surface area contributed by atoms with Gasteiger partial charge in [0.1, 0.15) is 6.26 Å². The summed E-state index contributed by atoms with van der Waals surface area (Å²) < 4.78 is 9.76. The molecular weight excluding hydrogens is 246 g/mol. The van der Waals surface area contributed by atoms with E-state index in [0.717, 1.165) is 11.8 Å². The quantitative estimate of drug-likeness (QED) is 0.613. The highest BCUT2D eigenvalue weighted by Gasteiger charge is 2.16. The molecular formula is C10H13NO5S. The summed E-state index contributed by atoms with van der Waals surface area (Å²) in [5.41, 5.74) is 0.0947. The molecule has 0 aliphatic carbocycles. The molecule has 1 N–H and O–H groups in total. The molecule has 1 unspecified atom stereocenters. The van der Waals surface area contributed by atoms with Gasteiger partial charge in [-0.3, -0.25) is 4.79 Å². The van der Waals surface area contributed by atoms with Crippen LogP contribution in [0.1, 0.15) is 24.3 Å². The maximum absolute atomic E-state index is 11.3. The Kier molecular flexibility index (Phi) is 5.02. The molecule has 0 spiro atoms. The first-order valence-electron chi connectivity index (χ1n) is 5.02. The number of oxazole rings is 1. The third kappa shape index (κ3) is 4.10. The van der Waals surface area contributed by atoms with Gasteiger partial charge in [0.15, 0.2) is 5.69 Å². The molecule has 0 saturated heterocycles. The number of ether oxygens (including phenoxy) is 1. The van der Waals surface area contributed by atoms with Crippen LogP contribution < -0.4 is 0 Å². The van der Waals surface area contributed by atoms with Gasteiger partial charge >= 0.3 is 11.9 Å². The van der Waals surface area contributed by atoms with Crippen molar-refractivity contribution in [2.45, 2.75) is 19.1 Å². The Hall–Kier alpha value is -1.50. The van der Waals surface area contributed by atoms with E-state index in [0.29, 0.717) is 5.75 Å². The van der Waals surface area contributed by atoms with Gasteiger partial charge in [-0.2, -0.15) is 4.98 Å². The highest BCUT2D eigenvalue weighted by atomic mass is 32.2. The van der Waals surface area contributed by atoms with Crippen molar-refractivity contribution < 1.29 is 23.8 Å². The molecule has 17 heavy (non-hydrogen) atoms. The number of hydrogen-bond acceptors (Lipinski definition) is 6. The van der Waals surface area contributed by atoms with E-state index in [1.807, 2.05) is 0 Å². The van der Waals surface area contributed by atoms with Crippen molar-refractivity contribution in [2.24, 2.45) is 5.92 Å². The Bertz CT molecular complexity index is 403. The number of thioether (sulfide) groups is 1. The second-order valence-electron chi connectivity index (χ2n) is 3.27. The highest BCUT2D eigenvalue weighted by Crippen LogP contribution is 2.20. The van der Waals surface area contributed by atoms with Gasteiger partial charge in [0.05, 0.1) is 12.5 Å². The molecule has 0 aromatic carbocycles. The average Bonchev–Trinajstić information content (AvgIpc) is 2.74. The second-order valence-corrected chi connectivity index (χ2v) is 4.24. The van der Waals surface area contributed by atoms with Crippen LogP contribution in [-0.4, -0.2) is 34.4 Å². The van der Waals surface area contributed by atoms with E-state index in [-0.39, 0.29) is 17.5 Å². The predicted octanol–water partition coefficient (Wildman–Crippen LogP) is 1.66. The van der Waals surface area contributed by atoms with Crippen molar-refractivity contribution in [1.82, 2.24) is 4.98 Å². The molecule has 0 amide bonds. The van der Waals surface area contributed by atoms with Crippen LogP contribution in [0.4, 0.5) is 0 Å². The first kappa shape index (κ1) is 13.6. The van der Waals surface area contributed by atoms with Crippen LogP contribution in [0.2, 0.25) is 0 Å². The lowest BCUT2D eigenvalue weighted by Gasteiger charge is -2.01. The number of aliphatic carboxylic acids is 1. The smallest absolute Gasteiger partial charge is 0.360 e. The number of esters is 1. The molecule has 0 saturated carbocycles. The molecule has 7 heteroatoms. The molecule has 94 valence electrons. The maximum Gasteiger partial charge on any atom is 0.360 e. The fourth-order valence-electron chi connectivity index (χ4n) is 0.890. The molecule has 0 radical (unpaired) electrons. The third-order valence-corrected chi connectivity index (χ3v) is 2.95. The summed E-state index contributed by atoms with van der Waals surface area (Å²) in [6, 6.07) is 0. The number of carbonyl (C=O) groups excluding carboxylic acids is 1. The lowest BCUT2D eigenvalue weighted by molar-refractivity contribution is -0.140. The van der Waals surface area contributed by atoms with Crippen molar-refractivity contribution in [3.8, 4) is 0 Å². The van der Waals surface area contributed by atoms with E-state index in [2.05, 4.69) is 4.98 Å². The minimum absolute atomic E-state index is 0.0947. The predicted molar refractivity (Wildman–Crippen MR) is 60.0 cm³/mol. The van der Waals surface area contributed by atoms with Crippen LogP contribution in [0.5, 0.6) is 0 Å². The van der Waals surface area contributed by atoms with Crippen molar-refractivity contribution in [3.63, 3.8) is 0 Å². The number of hydrogen-bond donors (Lipinski definition) is 1. The molecule has 0 fully saturated rings. The normalized spacial score (nSPS) is 12.1. The van der Waals surface area contributed by atoms with Crippen molar-refractivity contribution in [1.29, 1.82) is 0 Å². The number of carboxylic acids is 1. The van der Waals surface area contributed by atoms with E-state index in [9.17, 15) is 9.59 Å². The van der Waals surface area contributed by atoms with Crippen LogP contribution in [-0.2, 0) is 9.53 Å². The van der Waals surface area contributed by atoms with E-state index in [4.69, 9.17) is 14.3 Å². The number of aromatic nitrogens is 1. The monoisotopic (exact) mass is 259 g/mol. The molecule has 0 aliphatic rings. The molecule has 1 rings (SSSR count). The molecule has 1 aromatic heterocycles. The first-order chi connectivity index (χ1) is 8.04. The zero-order chi connectivity index (χ0) is 12.8. The van der Waals surface area contributed by atoms with Gasteiger partial charge < -0.3 is 14.3 Å². The van der Waals surface area contributed by atoms with Gasteiger partial charge in [-0.05, 0) is 6.92 Å². The first-order valence-corrected chi connectivity index (χ1v) is 6.01. The van der Waals surface area contributed by atoms with Crippen LogP contribution in [0.25, 0.3) is 0 Å². The molecule has 0 bridgehead atoms. The van der Waals surface area contributed by atoms with E-state index < -0.39 is 17.9 Å². The fourth-order valence-corrected chi connectivity index (χ4v) is 1.70. The lowest BCUT2D eigenvalue weighted by atomic mass is 10.2. The van der Waals surface area contributed by atoms with Gasteiger partial charge in [0.2, 0.25) is 0 Å². The zero-order valence-electron chi connectivity index (χ0n) is 9.50. The summed E-state index contributed by atoms with van der Waals surface area (Å²) >= 11 is 1.15. The average molecular weight is 259 g/mol. The third-order valence-electron chi connectivity index (χ3n) is 1.85. The van der Waals surface area contributed by atoms with E-state index in [1.165, 1.54) is 6.26 Å². The van der Waals surface area contributed by atoms with Crippen LogP contribution >= 0.6 is 11.8 Å². The van der Waals surface area contributed by atoms with Crippen LogP contribution in [0, 0.1) is 5.92 Å². The number of carboxylic acid groups (broad SMARTS) is 1. The van der Waals surface area contributed by atoms with E-state index >= 15 is 0 Å². The fraction of sp³-hybridized carbons (Fsp3) is 0.500. The van der Waals surface area contributed by atoms with Crippen molar-refractivity contribution in [3.05, 3.63) is 12.0 Å². The van der Waals surface area contributed by atoms with Gasteiger partial charge in [-0.15, -0.1) is 0 Å². The SMILES string of the molecule is CCOC(=O)c1coc(SCC(C)C(=O)O)n1. The molecule has 1 aromatic rings. The van der Waals surface area contributed by atoms with E-state index in [1.54, 1.807) is 13.8 Å². The van der Waals surface area contributed by atoms with Crippen molar-refractivity contribution in [2.75, 3.05) is 12.4 Å². The summed E-state index contributed by atoms with van der Waals surface area (Å²) in [5, 5.41) is 8.95. The Labute approximate surface area is 102 Å². The zero-order valence-corrected chi connectivity index (χ0v) is 10.3. The van der Waals surface area contributed by atoms with Gasteiger partial charge in [0, 0.05) is 5.75 Å². The molecule has 0 aliphatic heterocycles.